The molecule has 24 heavy (non-hydrogen) atoms. The number of piperazine rings is 1. The minimum atomic E-state index is 0.780. The van der Waals surface area contributed by atoms with Crippen LogP contribution in [0.4, 0.5) is 5.82 Å². The number of fused-ring (bicyclic) bond motifs is 1. The van der Waals surface area contributed by atoms with E-state index >= 15 is 0 Å². The van der Waals surface area contributed by atoms with Crippen molar-refractivity contribution in [3.63, 3.8) is 0 Å². The van der Waals surface area contributed by atoms with Gasteiger partial charge in [0.2, 0.25) is 0 Å². The second kappa shape index (κ2) is 6.20. The molecule has 0 radical (unpaired) electrons. The molecule has 6 nitrogen and oxygen atoms in total. The summed E-state index contributed by atoms with van der Waals surface area (Å²) in [5, 5.41) is 4.50. The molecule has 1 saturated heterocycles. The number of anilines is 1. The van der Waals surface area contributed by atoms with E-state index in [9.17, 15) is 0 Å². The molecule has 0 bridgehead atoms. The van der Waals surface area contributed by atoms with E-state index in [2.05, 4.69) is 56.1 Å². The second-order valence-electron chi connectivity index (χ2n) is 6.45. The van der Waals surface area contributed by atoms with Crippen LogP contribution in [0, 0.1) is 13.8 Å². The Bertz CT molecular complexity index is 848. The molecule has 0 atom stereocenters. The first-order chi connectivity index (χ1) is 11.7. The van der Waals surface area contributed by atoms with E-state index in [4.69, 9.17) is 0 Å². The molecule has 0 aliphatic carbocycles. The van der Waals surface area contributed by atoms with Crippen molar-refractivity contribution in [1.82, 2.24) is 24.5 Å². The Hall–Kier alpha value is -2.47. The maximum Gasteiger partial charge on any atom is 0.176 e. The van der Waals surface area contributed by atoms with E-state index in [1.54, 1.807) is 6.20 Å². The monoisotopic (exact) mass is 322 g/mol. The van der Waals surface area contributed by atoms with Gasteiger partial charge in [-0.05, 0) is 19.4 Å². The molecule has 2 aromatic heterocycles. The summed E-state index contributed by atoms with van der Waals surface area (Å²) in [5.41, 5.74) is 3.52. The van der Waals surface area contributed by atoms with Crippen molar-refractivity contribution in [2.45, 2.75) is 20.4 Å². The van der Waals surface area contributed by atoms with Gasteiger partial charge in [-0.3, -0.25) is 9.88 Å². The van der Waals surface area contributed by atoms with Crippen LogP contribution in [0.3, 0.4) is 0 Å². The highest BCUT2D eigenvalue weighted by Gasteiger charge is 2.20. The molecule has 1 aromatic carbocycles. The Balaban J connectivity index is 1.45. The maximum atomic E-state index is 4.50. The zero-order valence-electron chi connectivity index (χ0n) is 14.2. The van der Waals surface area contributed by atoms with Crippen LogP contribution < -0.4 is 4.90 Å². The fourth-order valence-corrected chi connectivity index (χ4v) is 3.33. The molecule has 124 valence electrons. The smallest absolute Gasteiger partial charge is 0.176 e. The van der Waals surface area contributed by atoms with Gasteiger partial charge in [-0.25, -0.2) is 4.98 Å². The third-order valence-electron chi connectivity index (χ3n) is 4.52. The lowest BCUT2D eigenvalue weighted by atomic mass is 10.1. The predicted octanol–water partition coefficient (Wildman–Crippen LogP) is 2.06. The van der Waals surface area contributed by atoms with E-state index in [0.29, 0.717) is 0 Å². The Morgan fingerprint density at radius 3 is 2.67 bits per heavy atom. The van der Waals surface area contributed by atoms with Gasteiger partial charge in [0.05, 0.1) is 12.4 Å². The van der Waals surface area contributed by atoms with Crippen molar-refractivity contribution in [3.8, 4) is 0 Å². The molecule has 0 amide bonds. The summed E-state index contributed by atoms with van der Waals surface area (Å²) in [5.74, 6) is 1.81. The van der Waals surface area contributed by atoms with Crippen LogP contribution in [0.1, 0.15) is 17.0 Å². The lowest BCUT2D eigenvalue weighted by Crippen LogP contribution is -2.46. The molecule has 0 unspecified atom stereocenters. The van der Waals surface area contributed by atoms with Crippen molar-refractivity contribution in [3.05, 3.63) is 53.6 Å². The van der Waals surface area contributed by atoms with Crippen LogP contribution in [0.2, 0.25) is 0 Å². The van der Waals surface area contributed by atoms with E-state index in [1.807, 2.05) is 17.6 Å². The number of hydrogen-bond acceptors (Lipinski definition) is 5. The Morgan fingerprint density at radius 2 is 1.88 bits per heavy atom. The third-order valence-corrected chi connectivity index (χ3v) is 4.52. The molecule has 1 aliphatic heterocycles. The summed E-state index contributed by atoms with van der Waals surface area (Å²) in [6.45, 7) is 9.11. The topological polar surface area (TPSA) is 49.6 Å². The quantitative estimate of drug-likeness (QED) is 0.739. The van der Waals surface area contributed by atoms with Gasteiger partial charge in [-0.2, -0.15) is 4.52 Å². The molecule has 3 aromatic rings. The van der Waals surface area contributed by atoms with Crippen molar-refractivity contribution >= 4 is 11.5 Å². The highest BCUT2D eigenvalue weighted by atomic mass is 15.4. The van der Waals surface area contributed by atoms with Gasteiger partial charge >= 0.3 is 0 Å². The number of benzene rings is 1. The molecular weight excluding hydrogens is 300 g/mol. The maximum absolute atomic E-state index is 4.50. The van der Waals surface area contributed by atoms with Gasteiger partial charge in [-0.15, -0.1) is 5.10 Å². The molecule has 0 saturated carbocycles. The normalized spacial score (nSPS) is 16.0. The third kappa shape index (κ3) is 2.97. The lowest BCUT2D eigenvalue weighted by molar-refractivity contribution is 0.249. The molecule has 3 heterocycles. The van der Waals surface area contributed by atoms with Crippen LogP contribution in [0.25, 0.3) is 5.65 Å². The number of aromatic nitrogens is 4. The number of aryl methyl sites for hydroxylation is 2. The van der Waals surface area contributed by atoms with E-state index < -0.39 is 0 Å². The van der Waals surface area contributed by atoms with Gasteiger partial charge in [0.25, 0.3) is 0 Å². The van der Waals surface area contributed by atoms with Crippen molar-refractivity contribution < 1.29 is 0 Å². The van der Waals surface area contributed by atoms with Gasteiger partial charge in [0, 0.05) is 32.7 Å². The molecule has 1 aliphatic rings. The van der Waals surface area contributed by atoms with E-state index in [0.717, 1.165) is 50.0 Å². The Morgan fingerprint density at radius 1 is 1.04 bits per heavy atom. The first kappa shape index (κ1) is 15.1. The molecule has 6 heteroatoms. The second-order valence-corrected chi connectivity index (χ2v) is 6.45. The average Bonchev–Trinajstić information content (AvgIpc) is 2.96. The van der Waals surface area contributed by atoms with Gasteiger partial charge in [0.1, 0.15) is 5.82 Å². The van der Waals surface area contributed by atoms with Crippen LogP contribution in [-0.4, -0.2) is 50.7 Å². The first-order valence-corrected chi connectivity index (χ1v) is 8.39. The summed E-state index contributed by atoms with van der Waals surface area (Å²) in [6, 6.07) is 8.77. The minimum Gasteiger partial charge on any atom is -0.353 e. The number of rotatable bonds is 3. The molecular formula is C18H22N6. The lowest BCUT2D eigenvalue weighted by Gasteiger charge is -2.35. The highest BCUT2D eigenvalue weighted by molar-refractivity contribution is 5.47. The van der Waals surface area contributed by atoms with Gasteiger partial charge < -0.3 is 4.90 Å². The van der Waals surface area contributed by atoms with Crippen LogP contribution in [-0.2, 0) is 6.54 Å². The van der Waals surface area contributed by atoms with Crippen LogP contribution >= 0.6 is 0 Å². The summed E-state index contributed by atoms with van der Waals surface area (Å²) < 4.78 is 1.90. The predicted molar refractivity (Wildman–Crippen MR) is 94.2 cm³/mol. The number of hydrogen-bond donors (Lipinski definition) is 0. The zero-order valence-corrected chi connectivity index (χ0v) is 14.2. The molecule has 0 N–H and O–H groups in total. The zero-order chi connectivity index (χ0) is 16.5. The first-order valence-electron chi connectivity index (χ1n) is 8.39. The van der Waals surface area contributed by atoms with Gasteiger partial charge in [0.15, 0.2) is 11.5 Å². The Labute approximate surface area is 141 Å². The fourth-order valence-electron chi connectivity index (χ4n) is 3.33. The SMILES string of the molecule is Cc1cccc(CN2CCN(c3cncc4nc(C)nn34)CC2)c1. The molecule has 0 spiro atoms. The largest absolute Gasteiger partial charge is 0.353 e. The van der Waals surface area contributed by atoms with Crippen molar-refractivity contribution in [2.24, 2.45) is 0 Å². The van der Waals surface area contributed by atoms with Crippen LogP contribution in [0.5, 0.6) is 0 Å². The average molecular weight is 322 g/mol. The summed E-state index contributed by atoms with van der Waals surface area (Å²) >= 11 is 0. The number of nitrogens with zero attached hydrogens (tertiary/aromatic N) is 6. The Kier molecular flexibility index (Phi) is 3.90. The summed E-state index contributed by atoms with van der Waals surface area (Å²) in [4.78, 5) is 13.6. The molecule has 4 rings (SSSR count). The standard InChI is InChI=1S/C18H22N6/c1-14-4-3-5-16(10-14)13-22-6-8-23(9-7-22)18-12-19-11-17-20-15(2)21-24(17)18/h3-5,10-12H,6-9,13H2,1-2H3. The fraction of sp³-hybridized carbons (Fsp3) is 0.389. The van der Waals surface area contributed by atoms with Crippen LogP contribution in [0.15, 0.2) is 36.7 Å². The van der Waals surface area contributed by atoms with Crippen molar-refractivity contribution in [1.29, 1.82) is 0 Å². The summed E-state index contributed by atoms with van der Waals surface area (Å²) in [7, 11) is 0. The van der Waals surface area contributed by atoms with Gasteiger partial charge in [-0.1, -0.05) is 29.8 Å². The van der Waals surface area contributed by atoms with E-state index in [-0.39, 0.29) is 0 Å². The minimum absolute atomic E-state index is 0.780. The molecule has 1 fully saturated rings. The summed E-state index contributed by atoms with van der Waals surface area (Å²) in [6.07, 6.45) is 3.65. The highest BCUT2D eigenvalue weighted by Crippen LogP contribution is 2.17. The van der Waals surface area contributed by atoms with Crippen molar-refractivity contribution in [2.75, 3.05) is 31.1 Å². The van der Waals surface area contributed by atoms with E-state index in [1.165, 1.54) is 11.1 Å².